The zero-order chi connectivity index (χ0) is 21.7. The van der Waals surface area contributed by atoms with Gasteiger partial charge in [0.15, 0.2) is 0 Å². The van der Waals surface area contributed by atoms with Gasteiger partial charge in [-0.05, 0) is 30.7 Å². The van der Waals surface area contributed by atoms with Crippen molar-refractivity contribution in [2.45, 2.75) is 20.8 Å². The normalized spacial score (nSPS) is 11.7. The Morgan fingerprint density at radius 3 is 2.50 bits per heavy atom. The van der Waals surface area contributed by atoms with E-state index in [1.54, 1.807) is 30.1 Å². The van der Waals surface area contributed by atoms with E-state index >= 15 is 0 Å². The number of carbonyl (C=O) groups excluding carboxylic acids is 2. The molecule has 0 bridgehead atoms. The molecular formula is C22H23N5O2S. The van der Waals surface area contributed by atoms with E-state index in [4.69, 9.17) is 0 Å². The molecule has 0 saturated carbocycles. The third kappa shape index (κ3) is 5.09. The van der Waals surface area contributed by atoms with Gasteiger partial charge < -0.3 is 10.6 Å². The van der Waals surface area contributed by atoms with Crippen LogP contribution in [-0.4, -0.2) is 29.8 Å². The summed E-state index contributed by atoms with van der Waals surface area (Å²) in [6, 6.07) is 13.4. The third-order valence-corrected chi connectivity index (χ3v) is 5.08. The van der Waals surface area contributed by atoms with Crippen LogP contribution in [0.25, 0.3) is 11.3 Å². The Morgan fingerprint density at radius 1 is 1.07 bits per heavy atom. The summed E-state index contributed by atoms with van der Waals surface area (Å²) in [5, 5.41) is 12.2. The summed E-state index contributed by atoms with van der Waals surface area (Å²) in [5.41, 5.74) is 4.85. The van der Waals surface area contributed by atoms with E-state index in [1.807, 2.05) is 42.6 Å². The second kappa shape index (κ2) is 9.32. The molecular weight excluding hydrogens is 398 g/mol. The predicted octanol–water partition coefficient (Wildman–Crippen LogP) is 3.85. The maximum absolute atomic E-state index is 11.8. The molecule has 7 nitrogen and oxygen atoms in total. The van der Waals surface area contributed by atoms with Crippen molar-refractivity contribution < 1.29 is 9.59 Å². The number of nitrogens with zero attached hydrogens (tertiary/aromatic N) is 3. The van der Waals surface area contributed by atoms with Gasteiger partial charge in [-0.2, -0.15) is 5.10 Å². The molecule has 0 fully saturated rings. The van der Waals surface area contributed by atoms with Crippen LogP contribution >= 0.6 is 11.3 Å². The molecule has 30 heavy (non-hydrogen) atoms. The number of hydrogen-bond donors (Lipinski definition) is 2. The van der Waals surface area contributed by atoms with Crippen LogP contribution in [0.2, 0.25) is 0 Å². The average Bonchev–Trinajstić information content (AvgIpc) is 3.08. The average molecular weight is 422 g/mol. The maximum Gasteiger partial charge on any atom is 0.221 e. The summed E-state index contributed by atoms with van der Waals surface area (Å²) < 4.78 is 1.74. The summed E-state index contributed by atoms with van der Waals surface area (Å²) in [4.78, 5) is 28.2. The molecule has 0 spiro atoms. The predicted molar refractivity (Wildman–Crippen MR) is 122 cm³/mol. The van der Waals surface area contributed by atoms with E-state index in [0.717, 1.165) is 22.4 Å². The van der Waals surface area contributed by atoms with E-state index in [2.05, 4.69) is 20.7 Å². The molecule has 3 aromatic rings. The molecule has 154 valence electrons. The molecule has 2 amide bonds. The molecule has 2 N–H and O–H groups in total. The number of anilines is 2. The van der Waals surface area contributed by atoms with Crippen LogP contribution in [-0.2, 0) is 9.59 Å². The van der Waals surface area contributed by atoms with Crippen molar-refractivity contribution in [1.29, 1.82) is 0 Å². The number of aromatic nitrogens is 1. The smallest absolute Gasteiger partial charge is 0.221 e. The first-order chi connectivity index (χ1) is 14.4. The molecule has 0 aliphatic heterocycles. The van der Waals surface area contributed by atoms with Crippen LogP contribution in [0.5, 0.6) is 0 Å². The Labute approximate surface area is 178 Å². The lowest BCUT2D eigenvalue weighted by atomic mass is 10.1. The van der Waals surface area contributed by atoms with Crippen molar-refractivity contribution in [1.82, 2.24) is 4.68 Å². The summed E-state index contributed by atoms with van der Waals surface area (Å²) in [6.07, 6.45) is 1.78. The minimum absolute atomic E-state index is 0.183. The lowest BCUT2D eigenvalue weighted by molar-refractivity contribution is -0.115. The van der Waals surface area contributed by atoms with Gasteiger partial charge in [0, 0.05) is 37.5 Å². The Bertz CT molecular complexity index is 1190. The van der Waals surface area contributed by atoms with Crippen LogP contribution in [0.15, 0.2) is 57.9 Å². The second-order valence-corrected chi connectivity index (χ2v) is 7.56. The SMILES string of the molecule is CN=c1scc(-c2ccc(NC(C)=O)cc2NC(C)=O)n1/N=C\c1cccc(C)c1. The Hall–Kier alpha value is -3.52. The van der Waals surface area contributed by atoms with E-state index in [9.17, 15) is 9.59 Å². The Kier molecular flexibility index (Phi) is 6.58. The molecule has 1 aromatic heterocycles. The number of hydrogen-bond acceptors (Lipinski definition) is 5. The fourth-order valence-electron chi connectivity index (χ4n) is 2.96. The monoisotopic (exact) mass is 421 g/mol. The van der Waals surface area contributed by atoms with Gasteiger partial charge in [-0.1, -0.05) is 29.8 Å². The Morgan fingerprint density at radius 2 is 1.83 bits per heavy atom. The first-order valence-electron chi connectivity index (χ1n) is 9.31. The number of rotatable bonds is 5. The number of thiazole rings is 1. The standard InChI is InChI=1S/C22H23N5O2S/c1-14-6-5-7-17(10-14)12-24-27-21(13-30-22(27)23-4)19-9-8-18(25-15(2)28)11-20(19)26-16(3)29/h5-13H,1-4H3,(H,25,28)(H,26,29)/b23-22?,24-12-. The van der Waals surface area contributed by atoms with Crippen molar-refractivity contribution in [2.75, 3.05) is 17.7 Å². The zero-order valence-electron chi connectivity index (χ0n) is 17.3. The van der Waals surface area contributed by atoms with Gasteiger partial charge >= 0.3 is 0 Å². The minimum Gasteiger partial charge on any atom is -0.326 e. The van der Waals surface area contributed by atoms with Gasteiger partial charge in [0.25, 0.3) is 0 Å². The van der Waals surface area contributed by atoms with E-state index < -0.39 is 0 Å². The number of aryl methyl sites for hydroxylation is 1. The number of benzene rings is 2. The largest absolute Gasteiger partial charge is 0.326 e. The molecule has 0 aliphatic carbocycles. The molecule has 0 saturated heterocycles. The van der Waals surface area contributed by atoms with Gasteiger partial charge in [-0.25, -0.2) is 4.68 Å². The minimum atomic E-state index is -0.207. The highest BCUT2D eigenvalue weighted by Crippen LogP contribution is 2.31. The summed E-state index contributed by atoms with van der Waals surface area (Å²) in [5.74, 6) is -0.390. The number of amides is 2. The van der Waals surface area contributed by atoms with Crippen molar-refractivity contribution in [2.24, 2.45) is 10.1 Å². The third-order valence-electron chi connectivity index (χ3n) is 4.17. The highest BCUT2D eigenvalue weighted by atomic mass is 32.1. The Balaban J connectivity index is 2.10. The highest BCUT2D eigenvalue weighted by Gasteiger charge is 2.14. The number of carbonyl (C=O) groups is 2. The molecule has 0 aliphatic rings. The van der Waals surface area contributed by atoms with Gasteiger partial charge in [0.1, 0.15) is 0 Å². The van der Waals surface area contributed by atoms with Crippen LogP contribution in [0.3, 0.4) is 0 Å². The van der Waals surface area contributed by atoms with Crippen LogP contribution in [0.4, 0.5) is 11.4 Å². The van der Waals surface area contributed by atoms with Gasteiger partial charge in [-0.15, -0.1) is 11.3 Å². The van der Waals surface area contributed by atoms with E-state index in [-0.39, 0.29) is 11.8 Å². The highest BCUT2D eigenvalue weighted by molar-refractivity contribution is 7.07. The van der Waals surface area contributed by atoms with Crippen molar-refractivity contribution in [3.05, 3.63) is 63.8 Å². The summed E-state index contributed by atoms with van der Waals surface area (Å²) in [7, 11) is 1.71. The summed E-state index contributed by atoms with van der Waals surface area (Å²) in [6.45, 7) is 4.91. The first kappa shape index (κ1) is 21.2. The number of nitrogens with one attached hydrogen (secondary N) is 2. The van der Waals surface area contributed by atoms with E-state index in [1.165, 1.54) is 25.2 Å². The van der Waals surface area contributed by atoms with E-state index in [0.29, 0.717) is 16.2 Å². The second-order valence-electron chi connectivity index (χ2n) is 6.72. The fourth-order valence-corrected chi connectivity index (χ4v) is 3.76. The van der Waals surface area contributed by atoms with Crippen LogP contribution < -0.4 is 15.4 Å². The molecule has 0 unspecified atom stereocenters. The zero-order valence-corrected chi connectivity index (χ0v) is 18.1. The molecule has 3 rings (SSSR count). The lowest BCUT2D eigenvalue weighted by Gasteiger charge is -2.13. The first-order valence-corrected chi connectivity index (χ1v) is 10.2. The molecule has 0 atom stereocenters. The quantitative estimate of drug-likeness (QED) is 0.613. The van der Waals surface area contributed by atoms with Crippen molar-refractivity contribution in [3.8, 4) is 11.3 Å². The molecule has 8 heteroatoms. The van der Waals surface area contributed by atoms with Gasteiger partial charge in [-0.3, -0.25) is 14.6 Å². The maximum atomic E-state index is 11.8. The summed E-state index contributed by atoms with van der Waals surface area (Å²) >= 11 is 1.45. The molecule has 2 aromatic carbocycles. The topological polar surface area (TPSA) is 87.9 Å². The van der Waals surface area contributed by atoms with Gasteiger partial charge in [0.05, 0.1) is 17.6 Å². The van der Waals surface area contributed by atoms with Gasteiger partial charge in [0.2, 0.25) is 16.6 Å². The van der Waals surface area contributed by atoms with Crippen LogP contribution in [0.1, 0.15) is 25.0 Å². The van der Waals surface area contributed by atoms with Crippen molar-refractivity contribution >= 4 is 40.7 Å². The molecule has 0 radical (unpaired) electrons. The molecule has 1 heterocycles. The van der Waals surface area contributed by atoms with Crippen LogP contribution in [0, 0.1) is 6.92 Å². The lowest BCUT2D eigenvalue weighted by Crippen LogP contribution is -2.13. The van der Waals surface area contributed by atoms with Crippen molar-refractivity contribution in [3.63, 3.8) is 0 Å². The fraction of sp³-hybridized carbons (Fsp3) is 0.182.